The van der Waals surface area contributed by atoms with E-state index in [0.29, 0.717) is 37.1 Å². The molecule has 2 heterocycles. The molecule has 1 N–H and O–H groups in total. The first-order valence-corrected chi connectivity index (χ1v) is 7.45. The van der Waals surface area contributed by atoms with Crippen LogP contribution in [0.5, 0.6) is 0 Å². The lowest BCUT2D eigenvalue weighted by Crippen LogP contribution is -2.36. The highest BCUT2D eigenvalue weighted by Gasteiger charge is 2.17. The molecule has 0 atom stereocenters. The summed E-state index contributed by atoms with van der Waals surface area (Å²) in [5.74, 6) is -0.763. The Balaban J connectivity index is 1.75. The summed E-state index contributed by atoms with van der Waals surface area (Å²) >= 11 is 1.32. The first-order chi connectivity index (χ1) is 10.2. The number of carbonyl (C=O) groups is 1. The van der Waals surface area contributed by atoms with Crippen LogP contribution in [0, 0.1) is 5.82 Å². The smallest absolute Gasteiger partial charge is 0.257 e. The lowest BCUT2D eigenvalue weighted by Gasteiger charge is -2.29. The van der Waals surface area contributed by atoms with Gasteiger partial charge in [0.25, 0.3) is 5.91 Å². The van der Waals surface area contributed by atoms with Crippen LogP contribution in [0.1, 0.15) is 10.4 Å². The van der Waals surface area contributed by atoms with Crippen molar-refractivity contribution in [3.8, 4) is 0 Å². The summed E-state index contributed by atoms with van der Waals surface area (Å²) in [4.78, 5) is 17.9. The predicted molar refractivity (Wildman–Crippen MR) is 79.5 cm³/mol. The van der Waals surface area contributed by atoms with E-state index in [1.807, 2.05) is 4.90 Å². The SMILES string of the molecule is O=C(Nc1nccs1)c1ccc(N2CCOCC2)c(F)c1. The van der Waals surface area contributed by atoms with Crippen molar-refractivity contribution in [2.75, 3.05) is 36.5 Å². The second-order valence-electron chi connectivity index (χ2n) is 4.56. The summed E-state index contributed by atoms with van der Waals surface area (Å²) in [7, 11) is 0. The number of amides is 1. The van der Waals surface area contributed by atoms with Gasteiger partial charge in [0.15, 0.2) is 5.13 Å². The highest BCUT2D eigenvalue weighted by molar-refractivity contribution is 7.13. The number of halogens is 1. The van der Waals surface area contributed by atoms with E-state index in [2.05, 4.69) is 10.3 Å². The van der Waals surface area contributed by atoms with Crippen molar-refractivity contribution >= 4 is 28.1 Å². The average Bonchev–Trinajstić information content (AvgIpc) is 3.01. The summed E-state index contributed by atoms with van der Waals surface area (Å²) in [6, 6.07) is 4.52. The van der Waals surface area contributed by atoms with E-state index in [9.17, 15) is 9.18 Å². The van der Waals surface area contributed by atoms with Crippen molar-refractivity contribution in [2.24, 2.45) is 0 Å². The molecular weight excluding hydrogens is 293 g/mol. The van der Waals surface area contributed by atoms with E-state index in [0.717, 1.165) is 0 Å². The molecule has 1 fully saturated rings. The van der Waals surface area contributed by atoms with Crippen molar-refractivity contribution in [1.29, 1.82) is 0 Å². The number of hydrogen-bond acceptors (Lipinski definition) is 5. The van der Waals surface area contributed by atoms with Gasteiger partial charge in [-0.3, -0.25) is 10.1 Å². The van der Waals surface area contributed by atoms with E-state index < -0.39 is 5.82 Å². The molecule has 0 radical (unpaired) electrons. The molecule has 0 spiro atoms. The van der Waals surface area contributed by atoms with Crippen LogP contribution in [0.15, 0.2) is 29.8 Å². The van der Waals surface area contributed by atoms with Crippen LogP contribution in [0.3, 0.4) is 0 Å². The van der Waals surface area contributed by atoms with Gasteiger partial charge in [0.2, 0.25) is 0 Å². The Morgan fingerprint density at radius 1 is 1.38 bits per heavy atom. The first-order valence-electron chi connectivity index (χ1n) is 6.57. The molecule has 0 bridgehead atoms. The number of rotatable bonds is 3. The van der Waals surface area contributed by atoms with Crippen LogP contribution in [0.2, 0.25) is 0 Å². The molecule has 110 valence electrons. The lowest BCUT2D eigenvalue weighted by molar-refractivity contribution is 0.102. The maximum absolute atomic E-state index is 14.2. The molecule has 1 aliphatic rings. The van der Waals surface area contributed by atoms with Crippen molar-refractivity contribution in [2.45, 2.75) is 0 Å². The Morgan fingerprint density at radius 3 is 2.86 bits per heavy atom. The molecule has 3 rings (SSSR count). The average molecular weight is 307 g/mol. The zero-order valence-corrected chi connectivity index (χ0v) is 12.0. The number of thiazole rings is 1. The number of carbonyl (C=O) groups excluding carboxylic acids is 1. The number of morpholine rings is 1. The summed E-state index contributed by atoms with van der Waals surface area (Å²) in [6.07, 6.45) is 1.60. The minimum absolute atomic E-state index is 0.278. The Hall–Kier alpha value is -1.99. The Bertz CT molecular complexity index is 627. The fourth-order valence-electron chi connectivity index (χ4n) is 2.16. The molecule has 0 unspecified atom stereocenters. The maximum Gasteiger partial charge on any atom is 0.257 e. The van der Waals surface area contributed by atoms with Gasteiger partial charge in [-0.25, -0.2) is 9.37 Å². The Morgan fingerprint density at radius 2 is 2.19 bits per heavy atom. The van der Waals surface area contributed by atoms with E-state index >= 15 is 0 Å². The van der Waals surface area contributed by atoms with Crippen LogP contribution in [-0.2, 0) is 4.74 Å². The van der Waals surface area contributed by atoms with Crippen LogP contribution in [0.4, 0.5) is 15.2 Å². The van der Waals surface area contributed by atoms with Gasteiger partial charge < -0.3 is 9.64 Å². The van der Waals surface area contributed by atoms with Gasteiger partial charge in [-0.1, -0.05) is 0 Å². The molecule has 1 saturated heterocycles. The molecular formula is C14H14FN3O2S. The number of nitrogens with one attached hydrogen (secondary N) is 1. The number of benzene rings is 1. The fourth-order valence-corrected chi connectivity index (χ4v) is 2.69. The number of anilines is 2. The third-order valence-corrected chi connectivity index (χ3v) is 3.90. The Labute approximate surface area is 125 Å². The predicted octanol–water partition coefficient (Wildman–Crippen LogP) is 2.37. The number of nitrogens with zero attached hydrogens (tertiary/aromatic N) is 2. The highest BCUT2D eigenvalue weighted by atomic mass is 32.1. The molecule has 1 aromatic heterocycles. The molecule has 7 heteroatoms. The number of hydrogen-bond donors (Lipinski definition) is 1. The molecule has 0 aliphatic carbocycles. The van der Waals surface area contributed by atoms with Gasteiger partial charge in [-0.05, 0) is 18.2 Å². The minimum Gasteiger partial charge on any atom is -0.378 e. The van der Waals surface area contributed by atoms with Crippen molar-refractivity contribution in [3.63, 3.8) is 0 Å². The second kappa shape index (κ2) is 6.19. The standard InChI is InChI=1S/C14H14FN3O2S/c15-11-9-10(13(19)17-14-16-3-8-21-14)1-2-12(11)18-4-6-20-7-5-18/h1-3,8-9H,4-7H2,(H,16,17,19). The summed E-state index contributed by atoms with van der Waals surface area (Å²) in [6.45, 7) is 2.49. The monoisotopic (exact) mass is 307 g/mol. The largest absolute Gasteiger partial charge is 0.378 e. The van der Waals surface area contributed by atoms with Gasteiger partial charge in [0.05, 0.1) is 18.9 Å². The maximum atomic E-state index is 14.2. The van der Waals surface area contributed by atoms with Crippen LogP contribution >= 0.6 is 11.3 Å². The molecule has 1 aliphatic heterocycles. The van der Waals surface area contributed by atoms with Crippen LogP contribution in [-0.4, -0.2) is 37.2 Å². The topological polar surface area (TPSA) is 54.5 Å². The molecule has 1 amide bonds. The fraction of sp³-hybridized carbons (Fsp3) is 0.286. The quantitative estimate of drug-likeness (QED) is 0.946. The van der Waals surface area contributed by atoms with E-state index in [-0.39, 0.29) is 11.5 Å². The third kappa shape index (κ3) is 3.20. The van der Waals surface area contributed by atoms with E-state index in [1.54, 1.807) is 23.7 Å². The van der Waals surface area contributed by atoms with Crippen LogP contribution < -0.4 is 10.2 Å². The molecule has 2 aromatic rings. The summed E-state index contributed by atoms with van der Waals surface area (Å²) in [5, 5.41) is 4.89. The van der Waals surface area contributed by atoms with Crippen molar-refractivity contribution in [1.82, 2.24) is 4.98 Å². The molecule has 1 aromatic carbocycles. The zero-order chi connectivity index (χ0) is 14.7. The van der Waals surface area contributed by atoms with Gasteiger partial charge in [0, 0.05) is 30.2 Å². The van der Waals surface area contributed by atoms with Crippen molar-refractivity contribution in [3.05, 3.63) is 41.2 Å². The lowest BCUT2D eigenvalue weighted by atomic mass is 10.1. The second-order valence-corrected chi connectivity index (χ2v) is 5.45. The van der Waals surface area contributed by atoms with Gasteiger partial charge >= 0.3 is 0 Å². The molecule has 5 nitrogen and oxygen atoms in total. The summed E-state index contributed by atoms with van der Waals surface area (Å²) < 4.78 is 19.4. The van der Waals surface area contributed by atoms with Gasteiger partial charge in [-0.15, -0.1) is 11.3 Å². The Kier molecular flexibility index (Phi) is 4.12. The van der Waals surface area contributed by atoms with Crippen LogP contribution in [0.25, 0.3) is 0 Å². The minimum atomic E-state index is -0.399. The van der Waals surface area contributed by atoms with E-state index in [1.165, 1.54) is 17.4 Å². The third-order valence-electron chi connectivity index (χ3n) is 3.21. The molecule has 0 saturated carbocycles. The van der Waals surface area contributed by atoms with Crippen molar-refractivity contribution < 1.29 is 13.9 Å². The van der Waals surface area contributed by atoms with Gasteiger partial charge in [-0.2, -0.15) is 0 Å². The number of aromatic nitrogens is 1. The summed E-state index contributed by atoms with van der Waals surface area (Å²) in [5.41, 5.74) is 0.781. The normalized spacial score (nSPS) is 15.0. The van der Waals surface area contributed by atoms with E-state index in [4.69, 9.17) is 4.74 Å². The van der Waals surface area contributed by atoms with Gasteiger partial charge in [0.1, 0.15) is 5.82 Å². The zero-order valence-electron chi connectivity index (χ0n) is 11.2. The first kappa shape index (κ1) is 14.0. The molecule has 21 heavy (non-hydrogen) atoms. The highest BCUT2D eigenvalue weighted by Crippen LogP contribution is 2.22. The number of ether oxygens (including phenoxy) is 1.